The van der Waals surface area contributed by atoms with Gasteiger partial charge in [0, 0.05) is 0 Å². The number of nitrogens with zero attached hydrogens (tertiary/aromatic N) is 1. The summed E-state index contributed by atoms with van der Waals surface area (Å²) in [5, 5.41) is 2.88. The topological polar surface area (TPSA) is 75.7 Å². The van der Waals surface area contributed by atoms with Crippen LogP contribution >= 0.6 is 0 Å². The Morgan fingerprint density at radius 3 is 2.41 bits per heavy atom. The first-order valence-corrected chi connectivity index (χ1v) is 11.1. The lowest BCUT2D eigenvalue weighted by molar-refractivity contribution is -0.122. The van der Waals surface area contributed by atoms with E-state index >= 15 is 0 Å². The summed E-state index contributed by atoms with van der Waals surface area (Å²) in [5.41, 5.74) is 1.64. The van der Waals surface area contributed by atoms with Crippen LogP contribution < -0.4 is 14.4 Å². The van der Waals surface area contributed by atoms with Gasteiger partial charge in [0.05, 0.1) is 25.1 Å². The predicted molar refractivity (Wildman–Crippen MR) is 112 cm³/mol. The number of para-hydroxylation sites is 1. The van der Waals surface area contributed by atoms with Crippen LogP contribution in [0.4, 0.5) is 10.1 Å². The molecule has 158 valence electrons. The van der Waals surface area contributed by atoms with E-state index in [0.29, 0.717) is 6.42 Å². The molecule has 0 bridgehead atoms. The highest BCUT2D eigenvalue weighted by atomic mass is 32.2. The van der Waals surface area contributed by atoms with Gasteiger partial charge < -0.3 is 10.1 Å². The molecule has 1 N–H and O–H groups in total. The summed E-state index contributed by atoms with van der Waals surface area (Å²) in [6.07, 6.45) is 1.55. The summed E-state index contributed by atoms with van der Waals surface area (Å²) in [5.74, 6) is -0.486. The first-order chi connectivity index (χ1) is 13.6. The summed E-state index contributed by atoms with van der Waals surface area (Å²) in [7, 11) is -2.30. The van der Waals surface area contributed by atoms with Gasteiger partial charge in [0.2, 0.25) is 15.9 Å². The van der Waals surface area contributed by atoms with Crippen molar-refractivity contribution in [3.05, 3.63) is 59.4 Å². The van der Waals surface area contributed by atoms with E-state index in [-0.39, 0.29) is 11.7 Å². The first-order valence-electron chi connectivity index (χ1n) is 9.29. The van der Waals surface area contributed by atoms with Gasteiger partial charge in [-0.2, -0.15) is 0 Å². The Morgan fingerprint density at radius 2 is 1.90 bits per heavy atom. The third-order valence-electron chi connectivity index (χ3n) is 4.72. The van der Waals surface area contributed by atoms with Gasteiger partial charge in [0.15, 0.2) is 0 Å². The number of aryl methyl sites for hydroxylation is 1. The minimum absolute atomic E-state index is 0.161. The van der Waals surface area contributed by atoms with Crippen molar-refractivity contribution in [1.29, 1.82) is 0 Å². The van der Waals surface area contributed by atoms with Crippen molar-refractivity contribution in [3.63, 3.8) is 0 Å². The number of amides is 1. The summed E-state index contributed by atoms with van der Waals surface area (Å²) >= 11 is 0. The van der Waals surface area contributed by atoms with E-state index in [9.17, 15) is 17.6 Å². The smallest absolute Gasteiger partial charge is 0.244 e. The van der Waals surface area contributed by atoms with Gasteiger partial charge in [-0.1, -0.05) is 31.2 Å². The molecule has 0 heterocycles. The fourth-order valence-corrected chi connectivity index (χ4v) is 4.42. The fraction of sp³-hybridized carbons (Fsp3) is 0.381. The number of ether oxygens (including phenoxy) is 1. The van der Waals surface area contributed by atoms with Gasteiger partial charge >= 0.3 is 0 Å². The number of methoxy groups -OCH3 is 1. The molecule has 2 rings (SSSR count). The summed E-state index contributed by atoms with van der Waals surface area (Å²) < 4.78 is 45.0. The molecule has 0 aromatic heterocycles. The molecule has 1 amide bonds. The Hall–Kier alpha value is -2.61. The molecule has 0 aliphatic heterocycles. The third kappa shape index (κ3) is 5.26. The number of anilines is 1. The van der Waals surface area contributed by atoms with Crippen LogP contribution in [0.3, 0.4) is 0 Å². The van der Waals surface area contributed by atoms with E-state index in [2.05, 4.69) is 5.32 Å². The van der Waals surface area contributed by atoms with Crippen LogP contribution in [0.25, 0.3) is 0 Å². The summed E-state index contributed by atoms with van der Waals surface area (Å²) in [6.45, 7) is 5.26. The quantitative estimate of drug-likeness (QED) is 0.706. The Bertz CT molecular complexity index is 978. The van der Waals surface area contributed by atoms with Crippen molar-refractivity contribution in [3.8, 4) is 5.75 Å². The normalized spacial score (nSPS) is 13.4. The Balaban J connectivity index is 2.31. The molecule has 0 aliphatic carbocycles. The molecule has 2 aromatic rings. The zero-order valence-electron chi connectivity index (χ0n) is 17.3. The van der Waals surface area contributed by atoms with E-state index in [1.807, 2.05) is 32.0 Å². The number of carbonyl (C=O) groups is 1. The highest BCUT2D eigenvalue weighted by Crippen LogP contribution is 2.26. The second-order valence-corrected chi connectivity index (χ2v) is 8.74. The van der Waals surface area contributed by atoms with E-state index in [0.717, 1.165) is 33.5 Å². The van der Waals surface area contributed by atoms with Gasteiger partial charge in [-0.3, -0.25) is 9.10 Å². The first kappa shape index (κ1) is 22.7. The molecule has 0 spiro atoms. The lowest BCUT2D eigenvalue weighted by atomic mass is 10.0. The molecule has 8 heteroatoms. The van der Waals surface area contributed by atoms with Gasteiger partial charge in [-0.25, -0.2) is 12.8 Å². The van der Waals surface area contributed by atoms with Gasteiger partial charge in [-0.05, 0) is 49.6 Å². The lowest BCUT2D eigenvalue weighted by Gasteiger charge is -2.30. The maximum Gasteiger partial charge on any atom is 0.244 e. The average molecular weight is 423 g/mol. The van der Waals surface area contributed by atoms with Crippen LogP contribution in [-0.2, 0) is 14.8 Å². The molecule has 0 saturated carbocycles. The number of carbonyl (C=O) groups excluding carboxylic acids is 1. The highest BCUT2D eigenvalue weighted by Gasteiger charge is 2.31. The van der Waals surface area contributed by atoms with E-state index in [1.54, 1.807) is 7.11 Å². The molecule has 0 saturated heterocycles. The maximum atomic E-state index is 14.3. The van der Waals surface area contributed by atoms with Crippen molar-refractivity contribution in [2.24, 2.45) is 0 Å². The summed E-state index contributed by atoms with van der Waals surface area (Å²) in [4.78, 5) is 12.9. The van der Waals surface area contributed by atoms with Crippen LogP contribution in [0.1, 0.15) is 37.4 Å². The van der Waals surface area contributed by atoms with Crippen molar-refractivity contribution < 1.29 is 22.3 Å². The van der Waals surface area contributed by atoms with Crippen LogP contribution in [0, 0.1) is 12.7 Å². The zero-order chi connectivity index (χ0) is 21.8. The SMILES string of the molecule is CC[C@@H](NC(=O)[C@@H](C)N(c1ccccc1F)S(C)(=O)=O)c1ccc(OC)c(C)c1. The minimum Gasteiger partial charge on any atom is -0.496 e. The molecular weight excluding hydrogens is 395 g/mol. The maximum absolute atomic E-state index is 14.3. The Labute approximate surface area is 171 Å². The molecule has 2 aromatic carbocycles. The second-order valence-electron chi connectivity index (χ2n) is 6.88. The second kappa shape index (κ2) is 9.26. The Kier molecular flexibility index (Phi) is 7.24. The zero-order valence-corrected chi connectivity index (χ0v) is 18.1. The monoisotopic (exact) mass is 422 g/mol. The number of nitrogens with one attached hydrogen (secondary N) is 1. The van der Waals surface area contributed by atoms with Crippen LogP contribution in [0.5, 0.6) is 5.75 Å². The number of rotatable bonds is 8. The van der Waals surface area contributed by atoms with Gasteiger partial charge in [0.25, 0.3) is 0 Å². The highest BCUT2D eigenvalue weighted by molar-refractivity contribution is 7.92. The number of sulfonamides is 1. The fourth-order valence-electron chi connectivity index (χ4n) is 3.24. The standard InChI is InChI=1S/C21H27FN2O4S/c1-6-18(16-11-12-20(28-4)14(2)13-16)23-21(25)15(3)24(29(5,26)27)19-10-8-7-9-17(19)22/h7-13,15,18H,6H2,1-5H3,(H,23,25)/t15-,18-/m1/s1. The molecule has 29 heavy (non-hydrogen) atoms. The van der Waals surface area contributed by atoms with Gasteiger partial charge in [-0.15, -0.1) is 0 Å². The number of hydrogen-bond acceptors (Lipinski definition) is 4. The lowest BCUT2D eigenvalue weighted by Crippen LogP contribution is -2.48. The molecular formula is C21H27FN2O4S. The largest absolute Gasteiger partial charge is 0.496 e. The molecule has 0 fully saturated rings. The van der Waals surface area contributed by atoms with E-state index in [1.165, 1.54) is 25.1 Å². The number of halogens is 1. The summed E-state index contributed by atoms with van der Waals surface area (Å²) in [6, 6.07) is 9.63. The van der Waals surface area contributed by atoms with E-state index in [4.69, 9.17) is 4.74 Å². The van der Waals surface area contributed by atoms with Crippen molar-refractivity contribution in [2.75, 3.05) is 17.7 Å². The van der Waals surface area contributed by atoms with Gasteiger partial charge in [0.1, 0.15) is 17.6 Å². The van der Waals surface area contributed by atoms with Crippen LogP contribution in [-0.4, -0.2) is 33.7 Å². The average Bonchev–Trinajstić information content (AvgIpc) is 2.66. The molecule has 0 aliphatic rings. The Morgan fingerprint density at radius 1 is 1.24 bits per heavy atom. The predicted octanol–water partition coefficient (Wildman–Crippen LogP) is 3.56. The molecule has 0 unspecified atom stereocenters. The molecule has 2 atom stereocenters. The van der Waals surface area contributed by atoms with E-state index < -0.39 is 27.8 Å². The molecule has 6 nitrogen and oxygen atoms in total. The third-order valence-corrected chi connectivity index (χ3v) is 5.95. The van der Waals surface area contributed by atoms with Crippen LogP contribution in [0.15, 0.2) is 42.5 Å². The van der Waals surface area contributed by atoms with Crippen molar-refractivity contribution in [1.82, 2.24) is 5.32 Å². The number of benzene rings is 2. The van der Waals surface area contributed by atoms with Crippen LogP contribution in [0.2, 0.25) is 0 Å². The van der Waals surface area contributed by atoms with Crippen molar-refractivity contribution in [2.45, 2.75) is 39.3 Å². The molecule has 0 radical (unpaired) electrons. The number of hydrogen-bond donors (Lipinski definition) is 1. The minimum atomic E-state index is -3.89. The van der Waals surface area contributed by atoms with Crippen molar-refractivity contribution >= 4 is 21.6 Å².